The molecule has 0 aromatic heterocycles. The van der Waals surface area contributed by atoms with Crippen LogP contribution in [-0.4, -0.2) is 29.3 Å². The molecular formula is C27H23F6O3P. The molecular weight excluding hydrogens is 517 g/mol. The molecule has 3 aromatic carbocycles. The van der Waals surface area contributed by atoms with Gasteiger partial charge in [-0.1, -0.05) is 54.6 Å². The van der Waals surface area contributed by atoms with Gasteiger partial charge in [0.15, 0.2) is 5.16 Å². The standard InChI is InChI=1S/C25H23F3OP.C2HF3O2/c26-25(27,28)23(29)24(18-10-11-19-24)30(20-12-4-1-5-13-20,21-14-6-2-7-15-21)22-16-8-3-9-17-22;3-2(4,5)1(6)7/h1-9,12-17H,10-11,18-19H2;(H,6,7)/q+1;/p-1. The van der Waals surface area contributed by atoms with Crippen LogP contribution in [0, 0.1) is 0 Å². The molecule has 1 saturated carbocycles. The lowest BCUT2D eigenvalue weighted by molar-refractivity contribution is -0.344. The Kier molecular flexibility index (Phi) is 8.48. The molecule has 1 aliphatic rings. The van der Waals surface area contributed by atoms with Crippen LogP contribution in [0.3, 0.4) is 0 Å². The molecule has 0 aliphatic heterocycles. The molecule has 0 unspecified atom stereocenters. The van der Waals surface area contributed by atoms with Gasteiger partial charge in [0.2, 0.25) is 0 Å². The van der Waals surface area contributed by atoms with E-state index in [1.165, 1.54) is 0 Å². The summed E-state index contributed by atoms with van der Waals surface area (Å²) in [6.07, 6.45) is -8.34. The van der Waals surface area contributed by atoms with Crippen molar-refractivity contribution in [2.75, 3.05) is 0 Å². The van der Waals surface area contributed by atoms with E-state index in [-0.39, 0.29) is 12.8 Å². The van der Waals surface area contributed by atoms with E-state index in [1.807, 2.05) is 91.0 Å². The number of carboxylic acids is 1. The van der Waals surface area contributed by atoms with E-state index in [0.29, 0.717) is 12.8 Å². The first-order valence-electron chi connectivity index (χ1n) is 11.3. The van der Waals surface area contributed by atoms with Crippen LogP contribution in [0.4, 0.5) is 26.3 Å². The van der Waals surface area contributed by atoms with Crippen LogP contribution in [0.1, 0.15) is 25.7 Å². The van der Waals surface area contributed by atoms with Crippen LogP contribution in [0.5, 0.6) is 0 Å². The average molecular weight is 540 g/mol. The van der Waals surface area contributed by atoms with E-state index in [0.717, 1.165) is 15.9 Å². The molecule has 0 N–H and O–H groups in total. The van der Waals surface area contributed by atoms with E-state index < -0.39 is 36.5 Å². The number of carboxylic acid groups (broad SMARTS) is 1. The first-order valence-corrected chi connectivity index (χ1v) is 13.1. The van der Waals surface area contributed by atoms with Crippen molar-refractivity contribution in [1.82, 2.24) is 0 Å². The largest absolute Gasteiger partial charge is 0.542 e. The number of alkyl halides is 6. The maximum Gasteiger partial charge on any atom is 0.454 e. The maximum atomic E-state index is 14.1. The van der Waals surface area contributed by atoms with E-state index in [2.05, 4.69) is 0 Å². The summed E-state index contributed by atoms with van der Waals surface area (Å²) in [6, 6.07) is 28.1. The Hall–Kier alpha value is -3.19. The Bertz CT molecular complexity index is 1090. The van der Waals surface area contributed by atoms with Gasteiger partial charge in [-0.3, -0.25) is 4.79 Å². The van der Waals surface area contributed by atoms with Crippen LogP contribution in [0.2, 0.25) is 0 Å². The number of carbonyl (C=O) groups excluding carboxylic acids is 2. The van der Waals surface area contributed by atoms with Crippen molar-refractivity contribution >= 4 is 34.9 Å². The summed E-state index contributed by atoms with van der Waals surface area (Å²) in [5.41, 5.74) is 0. The summed E-state index contributed by atoms with van der Waals surface area (Å²) in [4.78, 5) is 22.0. The lowest BCUT2D eigenvalue weighted by Gasteiger charge is -2.41. The molecule has 37 heavy (non-hydrogen) atoms. The van der Waals surface area contributed by atoms with Crippen molar-refractivity contribution in [3.05, 3.63) is 91.0 Å². The topological polar surface area (TPSA) is 57.2 Å². The molecule has 196 valence electrons. The van der Waals surface area contributed by atoms with Crippen molar-refractivity contribution in [3.63, 3.8) is 0 Å². The minimum Gasteiger partial charge on any atom is -0.542 e. The zero-order valence-electron chi connectivity index (χ0n) is 19.4. The van der Waals surface area contributed by atoms with Gasteiger partial charge in [0.25, 0.3) is 5.78 Å². The Balaban J connectivity index is 0.000000479. The van der Waals surface area contributed by atoms with Crippen molar-refractivity contribution in [3.8, 4) is 0 Å². The monoisotopic (exact) mass is 540 g/mol. The van der Waals surface area contributed by atoms with Crippen molar-refractivity contribution < 1.29 is 41.0 Å². The fourth-order valence-corrected chi connectivity index (χ4v) is 10.7. The van der Waals surface area contributed by atoms with Crippen molar-refractivity contribution in [1.29, 1.82) is 0 Å². The number of carbonyl (C=O) groups is 2. The predicted octanol–water partition coefficient (Wildman–Crippen LogP) is 4.72. The van der Waals surface area contributed by atoms with Crippen LogP contribution in [0.25, 0.3) is 0 Å². The average Bonchev–Trinajstić information content (AvgIpc) is 3.36. The Labute approximate surface area is 210 Å². The number of hydrogen-bond acceptors (Lipinski definition) is 3. The minimum atomic E-state index is -5.19. The molecule has 0 saturated heterocycles. The molecule has 0 atom stereocenters. The van der Waals surface area contributed by atoms with Gasteiger partial charge in [0.05, 0.1) is 0 Å². The van der Waals surface area contributed by atoms with Gasteiger partial charge in [0.1, 0.15) is 29.1 Å². The maximum absolute atomic E-state index is 14.1. The molecule has 10 heteroatoms. The molecule has 0 radical (unpaired) electrons. The lowest BCUT2D eigenvalue weighted by Crippen LogP contribution is -2.54. The van der Waals surface area contributed by atoms with Crippen molar-refractivity contribution in [2.24, 2.45) is 0 Å². The summed E-state index contributed by atoms with van der Waals surface area (Å²) >= 11 is 0. The first-order chi connectivity index (χ1) is 17.4. The second kappa shape index (κ2) is 11.1. The van der Waals surface area contributed by atoms with E-state index in [4.69, 9.17) is 9.90 Å². The molecule has 1 fully saturated rings. The summed E-state index contributed by atoms with van der Waals surface area (Å²) in [5, 5.41) is 9.76. The van der Waals surface area contributed by atoms with Gasteiger partial charge < -0.3 is 9.90 Å². The van der Waals surface area contributed by atoms with Gasteiger partial charge in [0, 0.05) is 0 Å². The van der Waals surface area contributed by atoms with Crippen molar-refractivity contribution in [2.45, 2.75) is 43.2 Å². The van der Waals surface area contributed by atoms with Gasteiger partial charge >= 0.3 is 12.4 Å². The smallest absolute Gasteiger partial charge is 0.454 e. The quantitative estimate of drug-likeness (QED) is 0.348. The molecule has 4 rings (SSSR count). The fourth-order valence-electron chi connectivity index (χ4n) is 5.08. The Morgan fingerprint density at radius 2 is 0.919 bits per heavy atom. The highest BCUT2D eigenvalue weighted by Crippen LogP contribution is 2.72. The summed E-state index contributed by atoms with van der Waals surface area (Å²) in [7, 11) is -2.95. The van der Waals surface area contributed by atoms with E-state index in [9.17, 15) is 31.1 Å². The third-order valence-corrected chi connectivity index (χ3v) is 11.6. The van der Waals surface area contributed by atoms with Crippen LogP contribution in [-0.2, 0) is 9.59 Å². The first kappa shape index (κ1) is 28.4. The highest BCUT2D eigenvalue weighted by atomic mass is 31.2. The summed E-state index contributed by atoms with van der Waals surface area (Å²) < 4.78 is 73.8. The van der Waals surface area contributed by atoms with Crippen LogP contribution >= 0.6 is 7.26 Å². The summed E-state index contributed by atoms with van der Waals surface area (Å²) in [5.74, 6) is -4.58. The Morgan fingerprint density at radius 3 is 1.16 bits per heavy atom. The minimum absolute atomic E-state index is 0.248. The third-order valence-electron chi connectivity index (χ3n) is 6.41. The molecule has 3 aromatic rings. The second-order valence-corrected chi connectivity index (χ2v) is 12.3. The third kappa shape index (κ3) is 5.57. The SMILES string of the molecule is O=C(C(F)(F)F)C1([P+](c2ccccc2)(c2ccccc2)c2ccccc2)CCCC1.O=C([O-])C(F)(F)F. The zero-order chi connectivity index (χ0) is 27.3. The lowest BCUT2D eigenvalue weighted by atomic mass is 10.0. The molecule has 0 bridgehead atoms. The molecule has 0 spiro atoms. The predicted molar refractivity (Wildman–Crippen MR) is 128 cm³/mol. The van der Waals surface area contributed by atoms with E-state index >= 15 is 0 Å². The van der Waals surface area contributed by atoms with Gasteiger partial charge in [-0.2, -0.15) is 26.3 Å². The summed E-state index contributed by atoms with van der Waals surface area (Å²) in [6.45, 7) is 0. The fraction of sp³-hybridized carbons (Fsp3) is 0.259. The van der Waals surface area contributed by atoms with Crippen LogP contribution in [0.15, 0.2) is 91.0 Å². The zero-order valence-corrected chi connectivity index (χ0v) is 20.3. The molecule has 1 aliphatic carbocycles. The number of rotatable bonds is 5. The van der Waals surface area contributed by atoms with Crippen LogP contribution < -0.4 is 21.0 Å². The molecule has 0 amide bonds. The van der Waals surface area contributed by atoms with Gasteiger partial charge in [-0.15, -0.1) is 0 Å². The number of hydrogen-bond donors (Lipinski definition) is 0. The highest BCUT2D eigenvalue weighted by molar-refractivity contribution is 7.97. The molecule has 3 nitrogen and oxygen atoms in total. The number of ketones is 1. The number of aliphatic carboxylic acids is 1. The van der Waals surface area contributed by atoms with Gasteiger partial charge in [-0.25, -0.2) is 0 Å². The second-order valence-electron chi connectivity index (χ2n) is 8.53. The Morgan fingerprint density at radius 1 is 0.622 bits per heavy atom. The van der Waals surface area contributed by atoms with E-state index in [1.54, 1.807) is 0 Å². The number of halogens is 6. The normalized spacial score (nSPS) is 15.4. The molecule has 0 heterocycles. The number of benzene rings is 3. The highest BCUT2D eigenvalue weighted by Gasteiger charge is 2.71. The number of Topliss-reactive ketones (excluding diaryl/α,β-unsaturated/α-hetero) is 1. The van der Waals surface area contributed by atoms with Gasteiger partial charge in [-0.05, 0) is 62.1 Å².